The fraction of sp³-hybridized carbons (Fsp3) is 0.714. The Kier molecular flexibility index (Phi) is 3.90. The Hall–Kier alpha value is -0.870. The van der Waals surface area contributed by atoms with Crippen molar-refractivity contribution in [3.8, 4) is 0 Å². The van der Waals surface area contributed by atoms with E-state index in [0.717, 1.165) is 37.0 Å². The molecule has 1 aromatic carbocycles. The van der Waals surface area contributed by atoms with Gasteiger partial charge in [0.1, 0.15) is 0 Å². The molecule has 5 rings (SSSR count). The molecule has 25 heavy (non-hydrogen) atoms. The normalized spacial score (nSPS) is 34.7. The molecule has 0 unspecified atom stereocenters. The van der Waals surface area contributed by atoms with Gasteiger partial charge in [0.05, 0.1) is 4.90 Å². The van der Waals surface area contributed by atoms with Gasteiger partial charge in [-0.3, -0.25) is 0 Å². The molecule has 4 fully saturated rings. The summed E-state index contributed by atoms with van der Waals surface area (Å²) in [4.78, 5) is 0.443. The number of rotatable bonds is 3. The molecule has 0 spiro atoms. The van der Waals surface area contributed by atoms with Crippen molar-refractivity contribution in [1.29, 1.82) is 0 Å². The van der Waals surface area contributed by atoms with Gasteiger partial charge in [0.15, 0.2) is 0 Å². The molecule has 1 aromatic rings. The van der Waals surface area contributed by atoms with Gasteiger partial charge in [-0.25, -0.2) is 8.42 Å². The second kappa shape index (κ2) is 5.56. The summed E-state index contributed by atoms with van der Waals surface area (Å²) in [5.41, 5.74) is 1.08. The maximum atomic E-state index is 13.3. The lowest BCUT2D eigenvalue weighted by Crippen LogP contribution is -2.60. The molecule has 0 saturated heterocycles. The fourth-order valence-electron chi connectivity index (χ4n) is 5.99. The summed E-state index contributed by atoms with van der Waals surface area (Å²) in [6.07, 6.45) is 7.17. The highest BCUT2D eigenvalue weighted by atomic mass is 32.2. The number of benzene rings is 1. The van der Waals surface area contributed by atoms with Crippen molar-refractivity contribution in [2.24, 2.45) is 17.8 Å². The van der Waals surface area contributed by atoms with Gasteiger partial charge < -0.3 is 0 Å². The molecule has 4 heteroatoms. The van der Waals surface area contributed by atoms with E-state index in [1.54, 1.807) is 16.4 Å². The Balaban J connectivity index is 1.64. The van der Waals surface area contributed by atoms with Crippen LogP contribution in [0.3, 0.4) is 0 Å². The molecule has 0 radical (unpaired) electrons. The smallest absolute Gasteiger partial charge is 0.207 e. The second-order valence-electron chi connectivity index (χ2n) is 9.89. The molecule has 0 heterocycles. The van der Waals surface area contributed by atoms with E-state index in [1.165, 1.54) is 24.8 Å². The lowest BCUT2D eigenvalue weighted by Gasteiger charge is -2.59. The highest BCUT2D eigenvalue weighted by molar-refractivity contribution is 7.89. The fourth-order valence-corrected chi connectivity index (χ4v) is 7.52. The molecular weight excluding hydrogens is 330 g/mol. The molecule has 0 atom stereocenters. The highest BCUT2D eigenvalue weighted by Crippen LogP contribution is 2.58. The van der Waals surface area contributed by atoms with Crippen LogP contribution in [0, 0.1) is 17.8 Å². The zero-order valence-corrected chi connectivity index (χ0v) is 16.8. The van der Waals surface area contributed by atoms with Gasteiger partial charge in [-0.1, -0.05) is 32.9 Å². The van der Waals surface area contributed by atoms with Crippen molar-refractivity contribution in [3.05, 3.63) is 29.8 Å². The van der Waals surface area contributed by atoms with E-state index in [1.807, 2.05) is 19.2 Å². The van der Waals surface area contributed by atoms with Crippen LogP contribution < -0.4 is 0 Å². The van der Waals surface area contributed by atoms with Crippen molar-refractivity contribution in [1.82, 2.24) is 4.31 Å². The third-order valence-electron chi connectivity index (χ3n) is 7.05. The average Bonchev–Trinajstić information content (AvgIpc) is 2.52. The van der Waals surface area contributed by atoms with Crippen LogP contribution in [0.1, 0.15) is 64.9 Å². The first-order valence-electron chi connectivity index (χ1n) is 9.70. The van der Waals surface area contributed by atoms with Gasteiger partial charge in [0.2, 0.25) is 10.0 Å². The average molecular weight is 362 g/mol. The lowest BCUT2D eigenvalue weighted by atomic mass is 9.53. The van der Waals surface area contributed by atoms with Crippen LogP contribution in [0.15, 0.2) is 29.2 Å². The predicted molar refractivity (Wildman–Crippen MR) is 101 cm³/mol. The molecular formula is C21H31NO2S. The zero-order chi connectivity index (χ0) is 18.0. The zero-order valence-electron chi connectivity index (χ0n) is 16.0. The summed E-state index contributed by atoms with van der Waals surface area (Å²) in [7, 11) is -1.60. The summed E-state index contributed by atoms with van der Waals surface area (Å²) in [5, 5.41) is 0. The molecule has 4 bridgehead atoms. The molecule has 4 aliphatic rings. The van der Waals surface area contributed by atoms with E-state index in [-0.39, 0.29) is 11.0 Å². The first-order chi connectivity index (χ1) is 11.6. The van der Waals surface area contributed by atoms with E-state index in [9.17, 15) is 8.42 Å². The minimum atomic E-state index is -3.43. The number of sulfonamides is 1. The molecule has 0 N–H and O–H groups in total. The largest absolute Gasteiger partial charge is 0.243 e. The van der Waals surface area contributed by atoms with Crippen molar-refractivity contribution in [2.45, 2.75) is 75.1 Å². The van der Waals surface area contributed by atoms with Crippen LogP contribution in [0.2, 0.25) is 0 Å². The third kappa shape index (κ3) is 2.86. The van der Waals surface area contributed by atoms with Crippen LogP contribution in [0.4, 0.5) is 0 Å². The molecule has 4 saturated carbocycles. The minimum Gasteiger partial charge on any atom is -0.207 e. The number of nitrogens with zero attached hydrogens (tertiary/aromatic N) is 1. The van der Waals surface area contributed by atoms with Crippen LogP contribution in [-0.4, -0.2) is 25.3 Å². The van der Waals surface area contributed by atoms with Gasteiger partial charge >= 0.3 is 0 Å². The summed E-state index contributed by atoms with van der Waals surface area (Å²) >= 11 is 0. The minimum absolute atomic E-state index is 0.0358. The Bertz CT molecular complexity index is 723. The predicted octanol–water partition coefficient (Wildman–Crippen LogP) is 4.57. The van der Waals surface area contributed by atoms with E-state index in [2.05, 4.69) is 20.8 Å². The summed E-state index contributed by atoms with van der Waals surface area (Å²) in [6.45, 7) is 6.45. The van der Waals surface area contributed by atoms with Crippen LogP contribution in [0.5, 0.6) is 0 Å². The summed E-state index contributed by atoms with van der Waals surface area (Å²) in [6, 6.07) is 7.54. The van der Waals surface area contributed by atoms with E-state index in [0.29, 0.717) is 4.90 Å². The Morgan fingerprint density at radius 3 is 1.76 bits per heavy atom. The molecule has 0 aliphatic heterocycles. The van der Waals surface area contributed by atoms with Crippen molar-refractivity contribution < 1.29 is 8.42 Å². The standard InChI is InChI=1S/C21H31NO2S/c1-20(2,3)18-5-7-19(8-6-18)25(23,24)22(4)21-12-15-9-16(13-21)11-17(10-15)14-21/h5-8,15-17H,9-14H2,1-4H3. The topological polar surface area (TPSA) is 37.4 Å². The van der Waals surface area contributed by atoms with Crippen LogP contribution in [-0.2, 0) is 15.4 Å². The molecule has 4 aliphatic carbocycles. The van der Waals surface area contributed by atoms with Gasteiger partial charge in [-0.05, 0) is 79.4 Å². The van der Waals surface area contributed by atoms with Crippen molar-refractivity contribution in [2.75, 3.05) is 7.05 Å². The SMILES string of the molecule is CN(C12CC3CC(CC(C3)C1)C2)S(=O)(=O)c1ccc(C(C)(C)C)cc1. The summed E-state index contributed by atoms with van der Waals surface area (Å²) < 4.78 is 28.4. The first kappa shape index (κ1) is 17.5. The first-order valence-corrected chi connectivity index (χ1v) is 11.1. The van der Waals surface area contributed by atoms with Gasteiger partial charge in [-0.2, -0.15) is 4.31 Å². The van der Waals surface area contributed by atoms with Gasteiger partial charge in [0.25, 0.3) is 0 Å². The second-order valence-corrected chi connectivity index (χ2v) is 11.9. The summed E-state index contributed by atoms with van der Waals surface area (Å²) in [5.74, 6) is 2.23. The Labute approximate surface area is 152 Å². The lowest BCUT2D eigenvalue weighted by molar-refractivity contribution is -0.0495. The van der Waals surface area contributed by atoms with Crippen LogP contribution >= 0.6 is 0 Å². The van der Waals surface area contributed by atoms with Crippen LogP contribution in [0.25, 0.3) is 0 Å². The third-order valence-corrected chi connectivity index (χ3v) is 9.03. The van der Waals surface area contributed by atoms with E-state index < -0.39 is 10.0 Å². The molecule has 0 aromatic heterocycles. The molecule has 138 valence electrons. The van der Waals surface area contributed by atoms with Crippen molar-refractivity contribution >= 4 is 10.0 Å². The van der Waals surface area contributed by atoms with Gasteiger partial charge in [0, 0.05) is 12.6 Å². The maximum Gasteiger partial charge on any atom is 0.243 e. The van der Waals surface area contributed by atoms with Crippen molar-refractivity contribution in [3.63, 3.8) is 0 Å². The Morgan fingerprint density at radius 1 is 0.920 bits per heavy atom. The highest BCUT2D eigenvalue weighted by Gasteiger charge is 2.55. The molecule has 0 amide bonds. The Morgan fingerprint density at radius 2 is 1.36 bits per heavy atom. The van der Waals surface area contributed by atoms with Gasteiger partial charge in [-0.15, -0.1) is 0 Å². The maximum absolute atomic E-state index is 13.3. The number of hydrogen-bond acceptors (Lipinski definition) is 2. The quantitative estimate of drug-likeness (QED) is 0.790. The van der Waals surface area contributed by atoms with E-state index in [4.69, 9.17) is 0 Å². The monoisotopic (exact) mass is 361 g/mol. The number of hydrogen-bond donors (Lipinski definition) is 0. The molecule has 3 nitrogen and oxygen atoms in total. The van der Waals surface area contributed by atoms with E-state index >= 15 is 0 Å².